The second-order valence-electron chi connectivity index (χ2n) is 16.7. The molecule has 1 atom stereocenters. The Hall–Kier alpha value is -8.40. The van der Waals surface area contributed by atoms with Crippen molar-refractivity contribution in [3.8, 4) is 44.5 Å². The smallest absolute Gasteiger partial charge is 0.144 e. The molecule has 64 heavy (non-hydrogen) atoms. The van der Waals surface area contributed by atoms with Gasteiger partial charge in [0.2, 0.25) is 0 Å². The minimum absolute atomic E-state index is 0.00407. The third-order valence-corrected chi connectivity index (χ3v) is 13.1. The van der Waals surface area contributed by atoms with Crippen LogP contribution in [0.3, 0.4) is 0 Å². The molecule has 0 saturated carbocycles. The largest absolute Gasteiger partial charge is 0.456 e. The number of hydrogen-bond acceptors (Lipinski definition) is 3. The van der Waals surface area contributed by atoms with Gasteiger partial charge in [-0.25, -0.2) is 0 Å². The van der Waals surface area contributed by atoms with Crippen LogP contribution in [-0.4, -0.2) is 0 Å². The van der Waals surface area contributed by atoms with Gasteiger partial charge in [-0.15, -0.1) is 0 Å². The van der Waals surface area contributed by atoms with Crippen LogP contribution in [0.1, 0.15) is 22.6 Å². The molecule has 0 bridgehead atoms. The zero-order valence-corrected chi connectivity index (χ0v) is 34.7. The Morgan fingerprint density at radius 1 is 0.266 bits per heavy atom. The van der Waals surface area contributed by atoms with E-state index < -0.39 is 0 Å². The third kappa shape index (κ3) is 5.82. The zero-order valence-electron chi connectivity index (χ0n) is 34.7. The fraction of sp³-hybridized carbons (Fsp3) is 0.0164. The first kappa shape index (κ1) is 36.3. The molecule has 13 rings (SSSR count). The van der Waals surface area contributed by atoms with E-state index in [0.29, 0.717) is 0 Å². The Kier molecular flexibility index (Phi) is 8.28. The molecule has 0 N–H and O–H groups in total. The van der Waals surface area contributed by atoms with Gasteiger partial charge in [0.15, 0.2) is 0 Å². The lowest BCUT2D eigenvalue weighted by Gasteiger charge is -2.20. The average molecular weight is 819 g/mol. The van der Waals surface area contributed by atoms with Crippen molar-refractivity contribution in [2.24, 2.45) is 0 Å². The SMILES string of the molecule is c1ccc(-c2ccc(C(c3ccc(-c4cccc5c4oc4ccccc45)cc3)c3ccc(-c4cccc5c4oc4c(-c6ccccc6)c6c(cc45)oc4ccccc46)cc3)cc2)cc1. The van der Waals surface area contributed by atoms with Crippen LogP contribution in [0.5, 0.6) is 0 Å². The van der Waals surface area contributed by atoms with Crippen LogP contribution in [0.15, 0.2) is 238 Å². The normalized spacial score (nSPS) is 12.3. The van der Waals surface area contributed by atoms with Gasteiger partial charge in [-0.3, -0.25) is 0 Å². The molecule has 3 nitrogen and oxygen atoms in total. The number of fused-ring (bicyclic) bond motifs is 9. The number of furan rings is 3. The minimum atomic E-state index is -0.00407. The van der Waals surface area contributed by atoms with Gasteiger partial charge in [0.25, 0.3) is 0 Å². The molecule has 0 fully saturated rings. The molecule has 0 aliphatic carbocycles. The molecule has 3 heterocycles. The molecule has 3 heteroatoms. The van der Waals surface area contributed by atoms with E-state index in [9.17, 15) is 0 Å². The lowest BCUT2D eigenvalue weighted by atomic mass is 9.83. The summed E-state index contributed by atoms with van der Waals surface area (Å²) in [6.07, 6.45) is 0. The van der Waals surface area contributed by atoms with E-state index in [1.807, 2.05) is 24.3 Å². The van der Waals surface area contributed by atoms with Gasteiger partial charge in [-0.05, 0) is 62.7 Å². The van der Waals surface area contributed by atoms with Crippen LogP contribution in [-0.2, 0) is 0 Å². The number of para-hydroxylation sites is 4. The molecule has 13 aromatic rings. The summed E-state index contributed by atoms with van der Waals surface area (Å²) >= 11 is 0. The average Bonchev–Trinajstić information content (AvgIpc) is 4.06. The quantitative estimate of drug-likeness (QED) is 0.150. The monoisotopic (exact) mass is 818 g/mol. The number of rotatable bonds is 7. The molecule has 0 aliphatic rings. The van der Waals surface area contributed by atoms with Crippen LogP contribution in [0.25, 0.3) is 110 Å². The standard InChI is InChI=1S/C61H38O3/c1-3-13-38(14-4-1)39-25-31-43(32-26-39)56(44-33-27-40(28-34-44)46-19-11-21-49-48-17-7-9-23-53(48)63-59(46)49)45-35-29-41(30-36-45)47-20-12-22-50-52-37-55-58(51-18-8-10-24-54(51)62-55)57(61(52)64-60(47)50)42-15-5-2-6-16-42/h1-37,56H. The Labute approximate surface area is 369 Å². The van der Waals surface area contributed by atoms with Gasteiger partial charge >= 0.3 is 0 Å². The van der Waals surface area contributed by atoms with Crippen molar-refractivity contribution in [2.45, 2.75) is 5.92 Å². The summed E-state index contributed by atoms with van der Waals surface area (Å²) in [5, 5.41) is 6.52. The molecule has 300 valence electrons. The van der Waals surface area contributed by atoms with E-state index in [-0.39, 0.29) is 5.92 Å². The Balaban J connectivity index is 0.923. The van der Waals surface area contributed by atoms with Gasteiger partial charge < -0.3 is 13.3 Å². The first-order chi connectivity index (χ1) is 31.7. The highest BCUT2D eigenvalue weighted by molar-refractivity contribution is 6.24. The van der Waals surface area contributed by atoms with Gasteiger partial charge in [0.1, 0.15) is 33.5 Å². The Bertz CT molecular complexity index is 3850. The van der Waals surface area contributed by atoms with E-state index in [2.05, 4.69) is 200 Å². The van der Waals surface area contributed by atoms with E-state index in [1.54, 1.807) is 0 Å². The maximum Gasteiger partial charge on any atom is 0.144 e. The summed E-state index contributed by atoms with van der Waals surface area (Å²) in [6.45, 7) is 0. The molecule has 0 amide bonds. The third-order valence-electron chi connectivity index (χ3n) is 13.1. The highest BCUT2D eigenvalue weighted by Crippen LogP contribution is 2.47. The van der Waals surface area contributed by atoms with Crippen LogP contribution in [0.4, 0.5) is 0 Å². The molecular weight excluding hydrogens is 781 g/mol. The van der Waals surface area contributed by atoms with Crippen LogP contribution < -0.4 is 0 Å². The van der Waals surface area contributed by atoms with Crippen LogP contribution in [0, 0.1) is 0 Å². The summed E-state index contributed by atoms with van der Waals surface area (Å²) in [4.78, 5) is 0. The van der Waals surface area contributed by atoms with Crippen molar-refractivity contribution in [1.29, 1.82) is 0 Å². The predicted molar refractivity (Wildman–Crippen MR) is 264 cm³/mol. The van der Waals surface area contributed by atoms with Crippen LogP contribution >= 0.6 is 0 Å². The lowest BCUT2D eigenvalue weighted by molar-refractivity contribution is 0.665. The highest BCUT2D eigenvalue weighted by Gasteiger charge is 2.23. The Morgan fingerprint density at radius 2 is 0.719 bits per heavy atom. The molecule has 0 spiro atoms. The fourth-order valence-corrected chi connectivity index (χ4v) is 10.0. The van der Waals surface area contributed by atoms with E-state index in [1.165, 1.54) is 27.8 Å². The first-order valence-electron chi connectivity index (χ1n) is 21.8. The summed E-state index contributed by atoms with van der Waals surface area (Å²) in [7, 11) is 0. The van der Waals surface area contributed by atoms with Gasteiger partial charge in [-0.2, -0.15) is 0 Å². The van der Waals surface area contributed by atoms with E-state index in [0.717, 1.165) is 99.2 Å². The van der Waals surface area contributed by atoms with E-state index >= 15 is 0 Å². The second-order valence-corrected chi connectivity index (χ2v) is 16.7. The first-order valence-corrected chi connectivity index (χ1v) is 21.8. The van der Waals surface area contributed by atoms with Crippen molar-refractivity contribution >= 4 is 65.8 Å². The summed E-state index contributed by atoms with van der Waals surface area (Å²) in [6, 6.07) is 79.8. The van der Waals surface area contributed by atoms with E-state index in [4.69, 9.17) is 13.3 Å². The summed E-state index contributed by atoms with van der Waals surface area (Å²) < 4.78 is 20.0. The van der Waals surface area contributed by atoms with Crippen molar-refractivity contribution in [3.05, 3.63) is 241 Å². The summed E-state index contributed by atoms with van der Waals surface area (Å²) in [5.74, 6) is -0.00407. The maximum atomic E-state index is 7.06. The molecule has 10 aromatic carbocycles. The van der Waals surface area contributed by atoms with Crippen molar-refractivity contribution in [3.63, 3.8) is 0 Å². The van der Waals surface area contributed by atoms with Crippen LogP contribution in [0.2, 0.25) is 0 Å². The van der Waals surface area contributed by atoms with Crippen molar-refractivity contribution in [2.75, 3.05) is 0 Å². The zero-order chi connectivity index (χ0) is 42.1. The summed E-state index contributed by atoms with van der Waals surface area (Å²) in [5.41, 5.74) is 17.8. The fourth-order valence-electron chi connectivity index (χ4n) is 10.0. The highest BCUT2D eigenvalue weighted by atomic mass is 16.3. The molecule has 0 saturated heterocycles. The number of benzene rings is 10. The maximum absolute atomic E-state index is 7.06. The second kappa shape index (κ2) is 14.6. The van der Waals surface area contributed by atoms with Crippen molar-refractivity contribution < 1.29 is 13.3 Å². The van der Waals surface area contributed by atoms with Crippen molar-refractivity contribution in [1.82, 2.24) is 0 Å². The predicted octanol–water partition coefficient (Wildman–Crippen LogP) is 17.2. The molecular formula is C61H38O3. The van der Waals surface area contributed by atoms with Gasteiger partial charge in [0, 0.05) is 54.9 Å². The lowest BCUT2D eigenvalue weighted by Crippen LogP contribution is -2.03. The topological polar surface area (TPSA) is 39.4 Å². The molecule has 0 aliphatic heterocycles. The molecule has 3 aromatic heterocycles. The number of hydrogen-bond donors (Lipinski definition) is 0. The Morgan fingerprint density at radius 3 is 1.33 bits per heavy atom. The van der Waals surface area contributed by atoms with Gasteiger partial charge in [-0.1, -0.05) is 206 Å². The minimum Gasteiger partial charge on any atom is -0.456 e. The van der Waals surface area contributed by atoms with Gasteiger partial charge in [0.05, 0.1) is 0 Å². The molecule has 0 radical (unpaired) electrons. The molecule has 1 unspecified atom stereocenters.